The Morgan fingerprint density at radius 1 is 1.21 bits per heavy atom. The molecular formula is C22H17N3O5S3. The molecule has 0 unspecified atom stereocenters. The summed E-state index contributed by atoms with van der Waals surface area (Å²) in [6, 6.07) is 12.8. The summed E-state index contributed by atoms with van der Waals surface area (Å²) in [6.45, 7) is 0.236. The molecule has 1 N–H and O–H groups in total. The van der Waals surface area contributed by atoms with E-state index in [1.165, 1.54) is 29.3 Å². The molecule has 1 amide bonds. The van der Waals surface area contributed by atoms with Gasteiger partial charge >= 0.3 is 5.97 Å². The molecule has 1 aromatic carbocycles. The number of allylic oxidation sites excluding steroid dienone is 1. The molecule has 0 bridgehead atoms. The number of rotatable bonds is 8. The average Bonchev–Trinajstić information content (AvgIpc) is 3.06. The van der Waals surface area contributed by atoms with E-state index in [0.717, 1.165) is 11.8 Å². The fourth-order valence-corrected chi connectivity index (χ4v) is 5.26. The molecule has 168 valence electrons. The Hall–Kier alpha value is -3.33. The molecule has 0 radical (unpaired) electrons. The maximum Gasteiger partial charge on any atom is 0.303 e. The van der Waals surface area contributed by atoms with Gasteiger partial charge in [0.05, 0.1) is 4.91 Å². The van der Waals surface area contributed by atoms with E-state index in [0.29, 0.717) is 26.8 Å². The van der Waals surface area contributed by atoms with Crippen LogP contribution in [0, 0.1) is 11.3 Å². The summed E-state index contributed by atoms with van der Waals surface area (Å²) < 4.78 is 25.6. The van der Waals surface area contributed by atoms with E-state index in [2.05, 4.69) is 4.98 Å². The average molecular weight is 500 g/mol. The summed E-state index contributed by atoms with van der Waals surface area (Å²) in [7, 11) is -4.04. The van der Waals surface area contributed by atoms with Crippen LogP contribution in [0.25, 0.3) is 12.2 Å². The molecule has 3 rings (SSSR count). The number of nitriles is 1. The standard InChI is InChI=1S/C22H17N3O5S3/c23-14-17(33(29,30)19-4-1-2-10-24-19)12-15-6-8-16(9-7-15)13-18-21(28)25(22(31)32-18)11-3-5-20(26)27/h1-2,4,6-10,12-13H,3,5,11H2,(H,26,27). The van der Waals surface area contributed by atoms with Crippen molar-refractivity contribution in [3.8, 4) is 6.07 Å². The number of hydrogen-bond acceptors (Lipinski definition) is 8. The van der Waals surface area contributed by atoms with Crippen molar-refractivity contribution in [3.63, 3.8) is 0 Å². The SMILES string of the molecule is N#CC(=Cc1ccc(C=C2SC(=S)N(CCCC(=O)O)C2=O)cc1)S(=O)(=O)c1ccccn1. The molecule has 2 heterocycles. The van der Waals surface area contributed by atoms with Gasteiger partial charge in [0.25, 0.3) is 5.91 Å². The van der Waals surface area contributed by atoms with Gasteiger partial charge in [-0.25, -0.2) is 13.4 Å². The number of thiocarbonyl (C=S) groups is 1. The van der Waals surface area contributed by atoms with Crippen LogP contribution in [0.4, 0.5) is 0 Å². The second kappa shape index (κ2) is 10.5. The third-order valence-electron chi connectivity index (χ3n) is 4.49. The number of thioether (sulfide) groups is 1. The van der Waals surface area contributed by atoms with Crippen LogP contribution in [0.2, 0.25) is 0 Å². The van der Waals surface area contributed by atoms with Gasteiger partial charge in [0.15, 0.2) is 9.93 Å². The predicted octanol–water partition coefficient (Wildman–Crippen LogP) is 3.49. The van der Waals surface area contributed by atoms with Crippen molar-refractivity contribution in [2.45, 2.75) is 17.9 Å². The summed E-state index contributed by atoms with van der Waals surface area (Å²) in [5.74, 6) is -1.22. The smallest absolute Gasteiger partial charge is 0.303 e. The normalized spacial score (nSPS) is 15.7. The van der Waals surface area contributed by atoms with Crippen molar-refractivity contribution in [2.24, 2.45) is 0 Å². The minimum atomic E-state index is -4.04. The van der Waals surface area contributed by atoms with E-state index in [-0.39, 0.29) is 23.9 Å². The van der Waals surface area contributed by atoms with Gasteiger partial charge in [-0.2, -0.15) is 5.26 Å². The second-order valence-corrected chi connectivity index (χ2v) is 10.3. The van der Waals surface area contributed by atoms with Crippen LogP contribution >= 0.6 is 24.0 Å². The Bertz CT molecular complexity index is 1300. The quantitative estimate of drug-likeness (QED) is 0.330. The first-order chi connectivity index (χ1) is 15.7. The van der Waals surface area contributed by atoms with E-state index in [1.807, 2.05) is 0 Å². The van der Waals surface area contributed by atoms with Crippen molar-refractivity contribution in [1.82, 2.24) is 9.88 Å². The number of hydrogen-bond donors (Lipinski definition) is 1. The Morgan fingerprint density at radius 2 is 1.91 bits per heavy atom. The number of aliphatic carboxylic acids is 1. The lowest BCUT2D eigenvalue weighted by atomic mass is 10.1. The number of amides is 1. The highest BCUT2D eigenvalue weighted by atomic mass is 32.2. The molecular weight excluding hydrogens is 482 g/mol. The predicted molar refractivity (Wildman–Crippen MR) is 128 cm³/mol. The molecule has 11 heteroatoms. The zero-order valence-corrected chi connectivity index (χ0v) is 19.5. The van der Waals surface area contributed by atoms with Gasteiger partial charge in [-0.15, -0.1) is 0 Å². The Morgan fingerprint density at radius 3 is 2.52 bits per heavy atom. The second-order valence-electron chi connectivity index (χ2n) is 6.79. The number of pyridine rings is 1. The summed E-state index contributed by atoms with van der Waals surface area (Å²) >= 11 is 6.36. The lowest BCUT2D eigenvalue weighted by Gasteiger charge is -2.13. The van der Waals surface area contributed by atoms with Crippen LogP contribution in [-0.4, -0.2) is 46.1 Å². The van der Waals surface area contributed by atoms with E-state index in [1.54, 1.807) is 42.5 Å². The first-order valence-electron chi connectivity index (χ1n) is 9.57. The van der Waals surface area contributed by atoms with Crippen LogP contribution in [0.1, 0.15) is 24.0 Å². The van der Waals surface area contributed by atoms with Crippen molar-refractivity contribution in [2.75, 3.05) is 6.54 Å². The summed E-state index contributed by atoms with van der Waals surface area (Å²) in [5, 5.41) is 17.9. The number of carbonyl (C=O) groups is 2. The van der Waals surface area contributed by atoms with Gasteiger partial charge in [0, 0.05) is 19.2 Å². The minimum Gasteiger partial charge on any atom is -0.481 e. The van der Waals surface area contributed by atoms with Crippen molar-refractivity contribution >= 4 is 62.2 Å². The minimum absolute atomic E-state index is 0.0498. The first kappa shape index (κ1) is 24.3. The number of carboxylic acids is 1. The molecule has 1 aliphatic rings. The molecule has 1 fully saturated rings. The van der Waals surface area contributed by atoms with Gasteiger partial charge in [0.1, 0.15) is 10.4 Å². The highest BCUT2D eigenvalue weighted by molar-refractivity contribution is 8.26. The van der Waals surface area contributed by atoms with Gasteiger partial charge in [0.2, 0.25) is 9.84 Å². The van der Waals surface area contributed by atoms with Gasteiger partial charge in [-0.1, -0.05) is 54.3 Å². The van der Waals surface area contributed by atoms with Crippen molar-refractivity contribution in [1.29, 1.82) is 5.26 Å². The lowest BCUT2D eigenvalue weighted by molar-refractivity contribution is -0.137. The molecule has 0 aliphatic carbocycles. The largest absolute Gasteiger partial charge is 0.481 e. The topological polar surface area (TPSA) is 128 Å². The number of sulfone groups is 1. The summed E-state index contributed by atoms with van der Waals surface area (Å²) in [5.41, 5.74) is 1.17. The Balaban J connectivity index is 1.77. The molecule has 0 spiro atoms. The molecule has 0 atom stereocenters. The number of benzene rings is 1. The van der Waals surface area contributed by atoms with Crippen LogP contribution in [-0.2, 0) is 19.4 Å². The van der Waals surface area contributed by atoms with Gasteiger partial charge in [-0.05, 0) is 41.8 Å². The summed E-state index contributed by atoms with van der Waals surface area (Å²) in [6.07, 6.45) is 4.51. The molecule has 33 heavy (non-hydrogen) atoms. The van der Waals surface area contributed by atoms with E-state index in [9.17, 15) is 23.3 Å². The number of carboxylic acid groups (broad SMARTS) is 1. The van der Waals surface area contributed by atoms with E-state index in [4.69, 9.17) is 17.3 Å². The molecule has 0 saturated carbocycles. The molecule has 8 nitrogen and oxygen atoms in total. The van der Waals surface area contributed by atoms with E-state index >= 15 is 0 Å². The van der Waals surface area contributed by atoms with Crippen molar-refractivity contribution in [3.05, 3.63) is 69.6 Å². The molecule has 1 saturated heterocycles. The van der Waals surface area contributed by atoms with Crippen LogP contribution in [0.5, 0.6) is 0 Å². The summed E-state index contributed by atoms with van der Waals surface area (Å²) in [4.78, 5) is 28.4. The number of carbonyl (C=O) groups excluding carboxylic acids is 1. The maximum atomic E-state index is 12.6. The fraction of sp³-hybridized carbons (Fsp3) is 0.136. The fourth-order valence-electron chi connectivity index (χ4n) is 2.86. The zero-order valence-electron chi connectivity index (χ0n) is 17.0. The maximum absolute atomic E-state index is 12.6. The van der Waals surface area contributed by atoms with Gasteiger partial charge < -0.3 is 5.11 Å². The molecule has 1 aliphatic heterocycles. The highest BCUT2D eigenvalue weighted by Crippen LogP contribution is 2.32. The first-order valence-corrected chi connectivity index (χ1v) is 12.3. The highest BCUT2D eigenvalue weighted by Gasteiger charge is 2.31. The number of aromatic nitrogens is 1. The van der Waals surface area contributed by atoms with Crippen LogP contribution in [0.15, 0.2) is 63.5 Å². The van der Waals surface area contributed by atoms with E-state index < -0.39 is 20.7 Å². The monoisotopic (exact) mass is 499 g/mol. The third kappa shape index (κ3) is 5.92. The van der Waals surface area contributed by atoms with Crippen LogP contribution < -0.4 is 0 Å². The molecule has 1 aromatic heterocycles. The lowest BCUT2D eigenvalue weighted by Crippen LogP contribution is -2.29. The Kier molecular flexibility index (Phi) is 7.75. The number of nitrogens with zero attached hydrogens (tertiary/aromatic N) is 3. The van der Waals surface area contributed by atoms with Crippen LogP contribution in [0.3, 0.4) is 0 Å². The van der Waals surface area contributed by atoms with Crippen molar-refractivity contribution < 1.29 is 23.1 Å². The zero-order chi connectivity index (χ0) is 24.0. The van der Waals surface area contributed by atoms with Gasteiger partial charge in [-0.3, -0.25) is 14.5 Å². The third-order valence-corrected chi connectivity index (χ3v) is 7.45. The molecule has 2 aromatic rings. The Labute approximate surface area is 200 Å².